The van der Waals surface area contributed by atoms with Gasteiger partial charge >= 0.3 is 0 Å². The average Bonchev–Trinajstić information content (AvgIpc) is 3.08. The van der Waals surface area contributed by atoms with Crippen LogP contribution in [0.4, 0.5) is 5.69 Å². The monoisotopic (exact) mass is 393 g/mol. The predicted molar refractivity (Wildman–Crippen MR) is 112 cm³/mol. The number of benzene rings is 2. The van der Waals surface area contributed by atoms with Gasteiger partial charge in [0.1, 0.15) is 11.1 Å². The Hall–Kier alpha value is -2.80. The first kappa shape index (κ1) is 18.6. The van der Waals surface area contributed by atoms with Gasteiger partial charge in [0, 0.05) is 5.69 Å². The van der Waals surface area contributed by atoms with Crippen LogP contribution >= 0.6 is 11.8 Å². The maximum atomic E-state index is 13.2. The van der Waals surface area contributed by atoms with E-state index in [1.54, 1.807) is 0 Å². The Bertz CT molecular complexity index is 981. The predicted octanol–water partition coefficient (Wildman–Crippen LogP) is 3.86. The Labute approximate surface area is 168 Å². The third kappa shape index (κ3) is 3.62. The van der Waals surface area contributed by atoms with Crippen molar-refractivity contribution in [2.75, 3.05) is 10.7 Å². The summed E-state index contributed by atoms with van der Waals surface area (Å²) in [6.45, 7) is 6.06. The molecule has 144 valence electrons. The van der Waals surface area contributed by atoms with Crippen LogP contribution in [0.25, 0.3) is 0 Å². The van der Waals surface area contributed by atoms with Gasteiger partial charge in [-0.25, -0.2) is 4.68 Å². The van der Waals surface area contributed by atoms with Gasteiger partial charge in [0.15, 0.2) is 0 Å². The van der Waals surface area contributed by atoms with Crippen LogP contribution in [0.5, 0.6) is 0 Å². The summed E-state index contributed by atoms with van der Waals surface area (Å²) in [5, 5.41) is 11.7. The third-order valence-electron chi connectivity index (χ3n) is 4.92. The molecule has 0 saturated carbocycles. The molecular weight excluding hydrogens is 370 g/mol. The number of fused-ring (bicyclic) bond motifs is 1. The summed E-state index contributed by atoms with van der Waals surface area (Å²) in [5.41, 5.74) is 7.71. The zero-order valence-electron chi connectivity index (χ0n) is 16.1. The van der Waals surface area contributed by atoms with Crippen LogP contribution in [0.3, 0.4) is 0 Å². The molecule has 0 spiro atoms. The largest absolute Gasteiger partial charge is 0.325 e. The number of carbonyl (C=O) groups excluding carboxylic acids is 1. The van der Waals surface area contributed by atoms with Crippen LogP contribution in [0.15, 0.2) is 53.7 Å². The topological polar surface area (TPSA) is 71.8 Å². The molecule has 6 nitrogen and oxygen atoms in total. The minimum atomic E-state index is -0.371. The van der Waals surface area contributed by atoms with Gasteiger partial charge in [-0.2, -0.15) is 0 Å². The molecule has 28 heavy (non-hydrogen) atoms. The van der Waals surface area contributed by atoms with Gasteiger partial charge in [0.05, 0.1) is 6.04 Å². The van der Waals surface area contributed by atoms with Crippen molar-refractivity contribution >= 4 is 23.4 Å². The number of aromatic nitrogens is 3. The van der Waals surface area contributed by atoms with E-state index in [0.717, 1.165) is 23.5 Å². The lowest BCUT2D eigenvalue weighted by Gasteiger charge is -2.32. The third-order valence-corrected chi connectivity index (χ3v) is 6.14. The Kier molecular flexibility index (Phi) is 5.09. The van der Waals surface area contributed by atoms with E-state index in [1.807, 2.05) is 35.9 Å². The van der Waals surface area contributed by atoms with Crippen molar-refractivity contribution < 1.29 is 4.79 Å². The molecule has 2 atom stereocenters. The summed E-state index contributed by atoms with van der Waals surface area (Å²) in [7, 11) is 0. The van der Waals surface area contributed by atoms with E-state index in [9.17, 15) is 4.79 Å². The highest BCUT2D eigenvalue weighted by Gasteiger charge is 2.37. The van der Waals surface area contributed by atoms with Gasteiger partial charge in [0.2, 0.25) is 11.1 Å². The number of aryl methyl sites for hydroxylation is 3. The molecular formula is C21H23N5OS. The van der Waals surface area contributed by atoms with Gasteiger partial charge in [0.25, 0.3) is 0 Å². The molecule has 3 aromatic rings. The van der Waals surface area contributed by atoms with E-state index >= 15 is 0 Å². The molecule has 1 aliphatic rings. The van der Waals surface area contributed by atoms with Crippen molar-refractivity contribution in [3.63, 3.8) is 0 Å². The zero-order valence-corrected chi connectivity index (χ0v) is 17.0. The van der Waals surface area contributed by atoms with Crippen LogP contribution in [0.2, 0.25) is 0 Å². The van der Waals surface area contributed by atoms with Crippen LogP contribution < -0.4 is 10.7 Å². The fourth-order valence-corrected chi connectivity index (χ4v) is 4.35. The molecule has 0 fully saturated rings. The van der Waals surface area contributed by atoms with Crippen molar-refractivity contribution in [3.05, 3.63) is 71.0 Å². The lowest BCUT2D eigenvalue weighted by molar-refractivity contribution is -0.116. The number of amides is 1. The summed E-state index contributed by atoms with van der Waals surface area (Å²) < 4.78 is 1.86. The molecule has 1 aliphatic heterocycles. The molecule has 0 radical (unpaired) electrons. The molecule has 2 heterocycles. The molecule has 0 saturated heterocycles. The summed E-state index contributed by atoms with van der Waals surface area (Å²) in [6.07, 6.45) is 0.973. The molecule has 1 aromatic heterocycles. The van der Waals surface area contributed by atoms with Crippen molar-refractivity contribution in [3.8, 4) is 0 Å². The second-order valence-electron chi connectivity index (χ2n) is 6.96. The van der Waals surface area contributed by atoms with Crippen molar-refractivity contribution in [2.45, 2.75) is 43.6 Å². The first-order valence-corrected chi connectivity index (χ1v) is 10.2. The van der Waals surface area contributed by atoms with Crippen molar-refractivity contribution in [1.82, 2.24) is 14.9 Å². The number of hydrogen-bond acceptors (Lipinski definition) is 5. The van der Waals surface area contributed by atoms with Crippen molar-refractivity contribution in [2.24, 2.45) is 0 Å². The maximum Gasteiger partial charge on any atom is 0.240 e. The quantitative estimate of drug-likeness (QED) is 0.704. The summed E-state index contributed by atoms with van der Waals surface area (Å²) in [6, 6.07) is 16.0. The fraction of sp³-hybridized carbons (Fsp3) is 0.286. The summed E-state index contributed by atoms with van der Waals surface area (Å²) >= 11 is 1.43. The number of hydrogen-bond donors (Lipinski definition) is 2. The van der Waals surface area contributed by atoms with Gasteiger partial charge < -0.3 is 10.7 Å². The normalized spacial score (nSPS) is 18.2. The van der Waals surface area contributed by atoms with E-state index in [1.165, 1.54) is 22.9 Å². The van der Waals surface area contributed by atoms with Crippen LogP contribution in [-0.2, 0) is 11.2 Å². The van der Waals surface area contributed by atoms with Gasteiger partial charge in [-0.15, -0.1) is 10.2 Å². The number of thioether (sulfide) groups is 1. The number of nitrogens with zero attached hydrogens (tertiary/aromatic N) is 3. The average molecular weight is 394 g/mol. The minimum Gasteiger partial charge on any atom is -0.325 e. The Balaban J connectivity index is 1.62. The SMILES string of the molecule is CCc1ccc(NC(=O)[C@H]2Sc3nnc(C)n3N[C@H]2c2ccc(C)cc2)cc1. The van der Waals surface area contributed by atoms with E-state index in [0.29, 0.717) is 5.16 Å². The second kappa shape index (κ2) is 7.67. The van der Waals surface area contributed by atoms with Crippen LogP contribution in [-0.4, -0.2) is 26.0 Å². The molecule has 2 N–H and O–H groups in total. The lowest BCUT2D eigenvalue weighted by atomic mass is 10.0. The first-order valence-electron chi connectivity index (χ1n) is 9.36. The van der Waals surface area contributed by atoms with Gasteiger partial charge in [-0.3, -0.25) is 4.79 Å². The summed E-state index contributed by atoms with van der Waals surface area (Å²) in [4.78, 5) is 13.2. The number of rotatable bonds is 4. The molecule has 7 heteroatoms. The van der Waals surface area contributed by atoms with Crippen LogP contribution in [0, 0.1) is 13.8 Å². The number of anilines is 1. The van der Waals surface area contributed by atoms with Crippen molar-refractivity contribution in [1.29, 1.82) is 0 Å². The van der Waals surface area contributed by atoms with Gasteiger partial charge in [-0.1, -0.05) is 60.6 Å². The van der Waals surface area contributed by atoms with E-state index in [-0.39, 0.29) is 17.2 Å². The highest BCUT2D eigenvalue weighted by atomic mass is 32.2. The molecule has 1 amide bonds. The Morgan fingerprint density at radius 1 is 1.11 bits per heavy atom. The Morgan fingerprint density at radius 2 is 1.82 bits per heavy atom. The molecule has 4 rings (SSSR count). The lowest BCUT2D eigenvalue weighted by Crippen LogP contribution is -2.41. The second-order valence-corrected chi connectivity index (χ2v) is 8.07. The molecule has 0 aliphatic carbocycles. The molecule has 2 aromatic carbocycles. The van der Waals surface area contributed by atoms with E-state index < -0.39 is 0 Å². The fourth-order valence-electron chi connectivity index (χ4n) is 3.22. The highest BCUT2D eigenvalue weighted by molar-refractivity contribution is 8.00. The van der Waals surface area contributed by atoms with Crippen LogP contribution in [0.1, 0.15) is 35.5 Å². The zero-order chi connectivity index (χ0) is 19.7. The van der Waals surface area contributed by atoms with E-state index in [4.69, 9.17) is 0 Å². The minimum absolute atomic E-state index is 0.0563. The highest BCUT2D eigenvalue weighted by Crippen LogP contribution is 2.37. The molecule has 0 unspecified atom stereocenters. The summed E-state index contributed by atoms with van der Waals surface area (Å²) in [5.74, 6) is 0.716. The standard InChI is InChI=1S/C21H23N5OS/c1-4-15-7-11-17(12-8-15)22-20(27)19-18(16-9-5-13(2)6-10-16)25-26-14(3)23-24-21(26)28-19/h5-12,18-19,25H,4H2,1-3H3,(H,22,27)/t18-,19-/m0/s1. The van der Waals surface area contributed by atoms with E-state index in [2.05, 4.69) is 59.1 Å². The number of nitrogens with one attached hydrogen (secondary N) is 2. The molecule has 0 bridgehead atoms. The first-order chi connectivity index (χ1) is 13.5. The Morgan fingerprint density at radius 3 is 2.50 bits per heavy atom. The van der Waals surface area contributed by atoms with Gasteiger partial charge in [-0.05, 0) is 43.5 Å². The maximum absolute atomic E-state index is 13.2. The smallest absolute Gasteiger partial charge is 0.240 e. The number of carbonyl (C=O) groups is 1.